The summed E-state index contributed by atoms with van der Waals surface area (Å²) >= 11 is 5.85. The first kappa shape index (κ1) is 25.0. The maximum absolute atomic E-state index is 12.7. The number of amides is 2. The van der Waals surface area contributed by atoms with E-state index >= 15 is 0 Å². The Morgan fingerprint density at radius 2 is 1.59 bits per heavy atom. The number of methoxy groups -OCH3 is 2. The summed E-state index contributed by atoms with van der Waals surface area (Å²) in [4.78, 5) is 37.8. The van der Waals surface area contributed by atoms with E-state index in [0.717, 1.165) is 0 Å². The Balaban J connectivity index is 2.05. The van der Waals surface area contributed by atoms with Crippen LogP contribution in [0.5, 0.6) is 11.5 Å². The van der Waals surface area contributed by atoms with Crippen molar-refractivity contribution < 1.29 is 28.6 Å². The van der Waals surface area contributed by atoms with Crippen molar-refractivity contribution in [2.24, 2.45) is 5.92 Å². The summed E-state index contributed by atoms with van der Waals surface area (Å²) in [6.45, 7) is 4.97. The number of ether oxygens (including phenoxy) is 3. The van der Waals surface area contributed by atoms with Crippen LogP contribution in [0, 0.1) is 5.92 Å². The third-order valence-electron chi connectivity index (χ3n) is 4.64. The zero-order valence-corrected chi connectivity index (χ0v) is 19.4. The number of carbonyl (C=O) groups excluding carboxylic acids is 3. The second-order valence-corrected chi connectivity index (χ2v) is 7.77. The van der Waals surface area contributed by atoms with Crippen molar-refractivity contribution in [2.75, 3.05) is 19.5 Å². The number of hydrogen-bond acceptors (Lipinski definition) is 6. The minimum atomic E-state index is -1.12. The number of nitrogens with one attached hydrogen (secondary N) is 2. The highest BCUT2D eigenvalue weighted by molar-refractivity contribution is 6.30. The maximum Gasteiger partial charge on any atom is 0.329 e. The van der Waals surface area contributed by atoms with E-state index in [9.17, 15) is 14.4 Å². The number of halogens is 1. The second-order valence-electron chi connectivity index (χ2n) is 7.34. The molecule has 2 rings (SSSR count). The molecule has 0 unspecified atom stereocenters. The van der Waals surface area contributed by atoms with E-state index in [4.69, 9.17) is 25.8 Å². The Hall–Kier alpha value is -3.26. The molecule has 2 aromatic carbocycles. The van der Waals surface area contributed by atoms with Gasteiger partial charge in [0, 0.05) is 16.7 Å². The SMILES string of the molecule is COc1ccc(OC)c(NC(=O)[C@H](C)OC(=O)[C@H](NC(=O)c2ccc(Cl)cc2)C(C)C)c1. The molecule has 2 amide bonds. The number of hydrogen-bond donors (Lipinski definition) is 2. The Bertz CT molecular complexity index is 961. The molecule has 0 aromatic heterocycles. The summed E-state index contributed by atoms with van der Waals surface area (Å²) in [6, 6.07) is 10.3. The fourth-order valence-electron chi connectivity index (χ4n) is 2.77. The number of rotatable bonds is 9. The van der Waals surface area contributed by atoms with Gasteiger partial charge in [0.1, 0.15) is 17.5 Å². The van der Waals surface area contributed by atoms with Gasteiger partial charge >= 0.3 is 5.97 Å². The lowest BCUT2D eigenvalue weighted by atomic mass is 10.0. The molecule has 0 aliphatic heterocycles. The van der Waals surface area contributed by atoms with Gasteiger partial charge in [-0.1, -0.05) is 25.4 Å². The van der Waals surface area contributed by atoms with Crippen LogP contribution in [0.4, 0.5) is 5.69 Å². The predicted molar refractivity (Wildman–Crippen MR) is 121 cm³/mol. The third-order valence-corrected chi connectivity index (χ3v) is 4.89. The van der Waals surface area contributed by atoms with Gasteiger partial charge in [-0.2, -0.15) is 0 Å². The smallest absolute Gasteiger partial charge is 0.329 e. The van der Waals surface area contributed by atoms with E-state index in [1.807, 2.05) is 0 Å². The number of carbonyl (C=O) groups is 3. The molecule has 2 N–H and O–H groups in total. The van der Waals surface area contributed by atoms with Gasteiger partial charge in [0.15, 0.2) is 6.10 Å². The Labute approximate surface area is 192 Å². The van der Waals surface area contributed by atoms with E-state index in [2.05, 4.69) is 10.6 Å². The molecule has 2 aromatic rings. The van der Waals surface area contributed by atoms with Crippen LogP contribution in [0.1, 0.15) is 31.1 Å². The quantitative estimate of drug-likeness (QED) is 0.551. The molecule has 0 spiro atoms. The molecular formula is C23H27ClN2O6. The van der Waals surface area contributed by atoms with Gasteiger partial charge in [-0.05, 0) is 49.2 Å². The van der Waals surface area contributed by atoms with Crippen LogP contribution in [0.25, 0.3) is 0 Å². The maximum atomic E-state index is 12.7. The molecule has 0 heterocycles. The van der Waals surface area contributed by atoms with Crippen LogP contribution in [-0.2, 0) is 14.3 Å². The molecular weight excluding hydrogens is 436 g/mol. The van der Waals surface area contributed by atoms with Crippen LogP contribution >= 0.6 is 11.6 Å². The highest BCUT2D eigenvalue weighted by atomic mass is 35.5. The number of esters is 1. The molecule has 172 valence electrons. The van der Waals surface area contributed by atoms with Gasteiger partial charge in [-0.25, -0.2) is 4.79 Å². The van der Waals surface area contributed by atoms with Gasteiger partial charge < -0.3 is 24.8 Å². The monoisotopic (exact) mass is 462 g/mol. The minimum absolute atomic E-state index is 0.271. The lowest BCUT2D eigenvalue weighted by Gasteiger charge is -2.23. The Morgan fingerprint density at radius 1 is 0.938 bits per heavy atom. The molecule has 0 saturated carbocycles. The van der Waals surface area contributed by atoms with Crippen LogP contribution in [0.3, 0.4) is 0 Å². The number of benzene rings is 2. The molecule has 0 aliphatic carbocycles. The summed E-state index contributed by atoms with van der Waals surface area (Å²) < 4.78 is 15.7. The van der Waals surface area contributed by atoms with Crippen LogP contribution < -0.4 is 20.1 Å². The van der Waals surface area contributed by atoms with Gasteiger partial charge in [-0.15, -0.1) is 0 Å². The number of anilines is 1. The fourth-order valence-corrected chi connectivity index (χ4v) is 2.90. The normalized spacial score (nSPS) is 12.5. The molecule has 0 radical (unpaired) electrons. The van der Waals surface area contributed by atoms with E-state index in [1.54, 1.807) is 56.3 Å². The van der Waals surface area contributed by atoms with Gasteiger partial charge in [-0.3, -0.25) is 9.59 Å². The van der Waals surface area contributed by atoms with Gasteiger partial charge in [0.2, 0.25) is 0 Å². The Morgan fingerprint density at radius 3 is 2.16 bits per heavy atom. The van der Waals surface area contributed by atoms with E-state index in [0.29, 0.717) is 27.8 Å². The minimum Gasteiger partial charge on any atom is -0.497 e. The molecule has 0 bridgehead atoms. The topological polar surface area (TPSA) is 103 Å². The average Bonchev–Trinajstić information content (AvgIpc) is 2.77. The van der Waals surface area contributed by atoms with E-state index < -0.39 is 29.9 Å². The summed E-state index contributed by atoms with van der Waals surface area (Å²) in [7, 11) is 2.97. The van der Waals surface area contributed by atoms with Crippen molar-refractivity contribution in [3.63, 3.8) is 0 Å². The summed E-state index contributed by atoms with van der Waals surface area (Å²) in [5.41, 5.74) is 0.722. The Kier molecular flexibility index (Phi) is 8.90. The first-order valence-electron chi connectivity index (χ1n) is 9.96. The molecule has 0 aliphatic rings. The lowest BCUT2D eigenvalue weighted by Crippen LogP contribution is -2.47. The van der Waals surface area contributed by atoms with Crippen LogP contribution in [0.15, 0.2) is 42.5 Å². The summed E-state index contributed by atoms with van der Waals surface area (Å²) in [6.07, 6.45) is -1.12. The fraction of sp³-hybridized carbons (Fsp3) is 0.348. The van der Waals surface area contributed by atoms with Crippen molar-refractivity contribution in [3.05, 3.63) is 53.1 Å². The molecule has 0 saturated heterocycles. The highest BCUT2D eigenvalue weighted by Crippen LogP contribution is 2.29. The first-order valence-corrected chi connectivity index (χ1v) is 10.3. The standard InChI is InChI=1S/C23H27ClN2O6/c1-13(2)20(26-22(28)15-6-8-16(24)9-7-15)23(29)32-14(3)21(27)25-18-12-17(30-4)10-11-19(18)31-5/h6-14,20H,1-5H3,(H,25,27)(H,26,28)/t14-,20+/m0/s1. The molecule has 32 heavy (non-hydrogen) atoms. The van der Waals surface area contributed by atoms with Gasteiger partial charge in [0.05, 0.1) is 19.9 Å². The lowest BCUT2D eigenvalue weighted by molar-refractivity contribution is -0.156. The molecule has 2 atom stereocenters. The largest absolute Gasteiger partial charge is 0.497 e. The van der Waals surface area contributed by atoms with Crippen LogP contribution in [0.2, 0.25) is 5.02 Å². The van der Waals surface area contributed by atoms with Crippen molar-refractivity contribution in [1.82, 2.24) is 5.32 Å². The molecule has 8 nitrogen and oxygen atoms in total. The summed E-state index contributed by atoms with van der Waals surface area (Å²) in [5, 5.41) is 5.81. The highest BCUT2D eigenvalue weighted by Gasteiger charge is 2.29. The van der Waals surface area contributed by atoms with Crippen molar-refractivity contribution >= 4 is 35.1 Å². The van der Waals surface area contributed by atoms with Crippen molar-refractivity contribution in [3.8, 4) is 11.5 Å². The second kappa shape index (κ2) is 11.4. The zero-order valence-electron chi connectivity index (χ0n) is 18.6. The van der Waals surface area contributed by atoms with E-state index in [-0.39, 0.29) is 5.92 Å². The van der Waals surface area contributed by atoms with Gasteiger partial charge in [0.25, 0.3) is 11.8 Å². The first-order chi connectivity index (χ1) is 15.2. The van der Waals surface area contributed by atoms with Crippen molar-refractivity contribution in [2.45, 2.75) is 32.9 Å². The predicted octanol–water partition coefficient (Wildman–Crippen LogP) is 3.68. The van der Waals surface area contributed by atoms with Crippen LogP contribution in [-0.4, -0.2) is 44.1 Å². The summed E-state index contributed by atoms with van der Waals surface area (Å²) in [5.74, 6) is -1.05. The van der Waals surface area contributed by atoms with Crippen molar-refractivity contribution in [1.29, 1.82) is 0 Å². The molecule has 9 heteroatoms. The third kappa shape index (κ3) is 6.62. The average molecular weight is 463 g/mol. The molecule has 0 fully saturated rings. The van der Waals surface area contributed by atoms with E-state index in [1.165, 1.54) is 21.1 Å². The zero-order chi connectivity index (χ0) is 23.8.